The molecular weight excluding hydrogens is 230 g/mol. The third-order valence-electron chi connectivity index (χ3n) is 3.51. The molecule has 0 bridgehead atoms. The molecule has 6 heteroatoms. The van der Waals surface area contributed by atoms with Gasteiger partial charge in [0.25, 0.3) is 0 Å². The summed E-state index contributed by atoms with van der Waals surface area (Å²) in [4.78, 5) is 17.9. The highest BCUT2D eigenvalue weighted by molar-refractivity contribution is 5.76. The van der Waals surface area contributed by atoms with Crippen LogP contribution in [0.1, 0.15) is 25.7 Å². The van der Waals surface area contributed by atoms with Crippen molar-refractivity contribution in [3.8, 4) is 0 Å². The number of aromatic nitrogens is 3. The zero-order valence-electron chi connectivity index (χ0n) is 10.9. The van der Waals surface area contributed by atoms with Crippen LogP contribution in [-0.2, 0) is 11.3 Å². The quantitative estimate of drug-likeness (QED) is 0.834. The number of carbonyl (C=O) groups excluding carboxylic acids is 1. The Labute approximate surface area is 107 Å². The molecule has 1 aromatic heterocycles. The van der Waals surface area contributed by atoms with Crippen LogP contribution in [0.5, 0.6) is 0 Å². The van der Waals surface area contributed by atoms with Gasteiger partial charge in [-0.15, -0.1) is 0 Å². The first-order valence-electron chi connectivity index (χ1n) is 6.56. The molecule has 0 aliphatic carbocycles. The fraction of sp³-hybridized carbons (Fsp3) is 0.750. The second-order valence-electron chi connectivity index (χ2n) is 4.75. The lowest BCUT2D eigenvalue weighted by Crippen LogP contribution is -2.38. The van der Waals surface area contributed by atoms with Crippen molar-refractivity contribution < 1.29 is 4.79 Å². The highest BCUT2D eigenvalue weighted by Gasteiger charge is 2.20. The van der Waals surface area contributed by atoms with E-state index in [9.17, 15) is 4.79 Å². The first-order valence-corrected chi connectivity index (χ1v) is 6.56. The Morgan fingerprint density at radius 2 is 2.39 bits per heavy atom. The van der Waals surface area contributed by atoms with E-state index in [0.717, 1.165) is 32.4 Å². The van der Waals surface area contributed by atoms with Gasteiger partial charge in [0.1, 0.15) is 12.7 Å². The van der Waals surface area contributed by atoms with Crippen LogP contribution < -0.4 is 5.32 Å². The number of carbonyl (C=O) groups is 1. The van der Waals surface area contributed by atoms with Crippen LogP contribution in [0.3, 0.4) is 0 Å². The number of nitrogens with one attached hydrogen (secondary N) is 1. The predicted molar refractivity (Wildman–Crippen MR) is 67.9 cm³/mol. The Bertz CT molecular complexity index is 357. The smallest absolute Gasteiger partial charge is 0.224 e. The number of aryl methyl sites for hydroxylation is 1. The van der Waals surface area contributed by atoms with E-state index in [2.05, 4.69) is 15.4 Å². The Morgan fingerprint density at radius 1 is 1.50 bits per heavy atom. The van der Waals surface area contributed by atoms with E-state index < -0.39 is 0 Å². The number of hydrogen-bond acceptors (Lipinski definition) is 4. The van der Waals surface area contributed by atoms with Gasteiger partial charge in [-0.25, -0.2) is 4.98 Å². The Hall–Kier alpha value is -1.43. The number of rotatable bonds is 4. The fourth-order valence-corrected chi connectivity index (χ4v) is 2.33. The standard InChI is InChI=1S/C12H21N5O/c1-16(11-3-2-6-13-7-4-11)12(18)5-8-17-10-14-9-15-17/h9-11,13H,2-8H2,1H3. The van der Waals surface area contributed by atoms with Gasteiger partial charge < -0.3 is 10.2 Å². The van der Waals surface area contributed by atoms with Gasteiger partial charge in [0.05, 0.1) is 6.54 Å². The van der Waals surface area contributed by atoms with E-state index in [1.807, 2.05) is 11.9 Å². The van der Waals surface area contributed by atoms with Crippen molar-refractivity contribution >= 4 is 5.91 Å². The summed E-state index contributed by atoms with van der Waals surface area (Å²) in [5.74, 6) is 0.192. The molecule has 6 nitrogen and oxygen atoms in total. The molecule has 1 aromatic rings. The average Bonchev–Trinajstić information content (AvgIpc) is 2.75. The van der Waals surface area contributed by atoms with Gasteiger partial charge in [0.15, 0.2) is 0 Å². The molecule has 100 valence electrons. The molecular formula is C12H21N5O. The monoisotopic (exact) mass is 251 g/mol. The van der Waals surface area contributed by atoms with Gasteiger partial charge in [-0.2, -0.15) is 5.10 Å². The third-order valence-corrected chi connectivity index (χ3v) is 3.51. The first-order chi connectivity index (χ1) is 8.77. The van der Waals surface area contributed by atoms with Crippen molar-refractivity contribution in [2.24, 2.45) is 0 Å². The molecule has 1 unspecified atom stereocenters. The predicted octanol–water partition coefficient (Wildman–Crippen LogP) is 0.269. The SMILES string of the molecule is CN(C(=O)CCn1cncn1)C1CCCNCC1. The van der Waals surface area contributed by atoms with Crippen molar-refractivity contribution in [1.82, 2.24) is 25.0 Å². The van der Waals surface area contributed by atoms with E-state index in [0.29, 0.717) is 19.0 Å². The minimum absolute atomic E-state index is 0.192. The maximum absolute atomic E-state index is 12.1. The third kappa shape index (κ3) is 3.53. The second kappa shape index (κ2) is 6.49. The summed E-state index contributed by atoms with van der Waals surface area (Å²) < 4.78 is 1.69. The first kappa shape index (κ1) is 13.0. The topological polar surface area (TPSA) is 63.1 Å². The van der Waals surface area contributed by atoms with Gasteiger partial charge in [-0.1, -0.05) is 0 Å². The molecule has 1 aliphatic heterocycles. The van der Waals surface area contributed by atoms with Crippen LogP contribution >= 0.6 is 0 Å². The van der Waals surface area contributed by atoms with Crippen LogP contribution in [0.4, 0.5) is 0 Å². The minimum atomic E-state index is 0.192. The Morgan fingerprint density at radius 3 is 3.17 bits per heavy atom. The summed E-state index contributed by atoms with van der Waals surface area (Å²) in [6, 6.07) is 0.378. The molecule has 0 saturated carbocycles. The summed E-state index contributed by atoms with van der Waals surface area (Å²) in [5.41, 5.74) is 0. The van der Waals surface area contributed by atoms with Crippen molar-refractivity contribution in [3.05, 3.63) is 12.7 Å². The molecule has 1 N–H and O–H groups in total. The molecule has 1 aliphatic rings. The fourth-order valence-electron chi connectivity index (χ4n) is 2.33. The largest absolute Gasteiger partial charge is 0.343 e. The van der Waals surface area contributed by atoms with E-state index in [1.165, 1.54) is 6.33 Å². The molecule has 18 heavy (non-hydrogen) atoms. The minimum Gasteiger partial charge on any atom is -0.343 e. The van der Waals surface area contributed by atoms with Crippen molar-refractivity contribution in [1.29, 1.82) is 0 Å². The lowest BCUT2D eigenvalue weighted by atomic mass is 10.1. The zero-order valence-corrected chi connectivity index (χ0v) is 10.9. The van der Waals surface area contributed by atoms with Gasteiger partial charge in [0, 0.05) is 19.5 Å². The highest BCUT2D eigenvalue weighted by atomic mass is 16.2. The van der Waals surface area contributed by atoms with E-state index in [1.54, 1.807) is 11.0 Å². The number of hydrogen-bond donors (Lipinski definition) is 1. The van der Waals surface area contributed by atoms with E-state index in [-0.39, 0.29) is 5.91 Å². The summed E-state index contributed by atoms with van der Waals surface area (Å²) in [6.07, 6.45) is 6.91. The van der Waals surface area contributed by atoms with Crippen LogP contribution in [0.25, 0.3) is 0 Å². The Kier molecular flexibility index (Phi) is 4.69. The van der Waals surface area contributed by atoms with Crippen LogP contribution in [0, 0.1) is 0 Å². The zero-order chi connectivity index (χ0) is 12.8. The Balaban J connectivity index is 1.79. The maximum Gasteiger partial charge on any atom is 0.224 e. The number of amides is 1. The molecule has 1 amide bonds. The van der Waals surface area contributed by atoms with Crippen molar-refractivity contribution in [2.45, 2.75) is 38.3 Å². The molecule has 1 saturated heterocycles. The molecule has 2 heterocycles. The molecule has 1 fully saturated rings. The van der Waals surface area contributed by atoms with Crippen LogP contribution in [0.2, 0.25) is 0 Å². The highest BCUT2D eigenvalue weighted by Crippen LogP contribution is 2.12. The van der Waals surface area contributed by atoms with Crippen molar-refractivity contribution in [2.75, 3.05) is 20.1 Å². The molecule has 1 atom stereocenters. The molecule has 0 radical (unpaired) electrons. The lowest BCUT2D eigenvalue weighted by Gasteiger charge is -2.27. The summed E-state index contributed by atoms with van der Waals surface area (Å²) in [5, 5.41) is 7.36. The molecule has 0 spiro atoms. The van der Waals surface area contributed by atoms with Gasteiger partial charge >= 0.3 is 0 Å². The summed E-state index contributed by atoms with van der Waals surface area (Å²) in [6.45, 7) is 2.68. The van der Waals surface area contributed by atoms with Crippen LogP contribution in [0.15, 0.2) is 12.7 Å². The normalized spacial score (nSPS) is 20.4. The molecule has 0 aromatic carbocycles. The van der Waals surface area contributed by atoms with E-state index >= 15 is 0 Å². The summed E-state index contributed by atoms with van der Waals surface area (Å²) >= 11 is 0. The molecule has 2 rings (SSSR count). The lowest BCUT2D eigenvalue weighted by molar-refractivity contribution is -0.132. The van der Waals surface area contributed by atoms with Crippen molar-refractivity contribution in [3.63, 3.8) is 0 Å². The summed E-state index contributed by atoms with van der Waals surface area (Å²) in [7, 11) is 1.92. The van der Waals surface area contributed by atoms with Gasteiger partial charge in [0.2, 0.25) is 5.91 Å². The van der Waals surface area contributed by atoms with Gasteiger partial charge in [-0.3, -0.25) is 9.48 Å². The second-order valence-corrected chi connectivity index (χ2v) is 4.75. The van der Waals surface area contributed by atoms with E-state index in [4.69, 9.17) is 0 Å². The average molecular weight is 251 g/mol. The number of nitrogens with zero attached hydrogens (tertiary/aromatic N) is 4. The van der Waals surface area contributed by atoms with Gasteiger partial charge in [-0.05, 0) is 32.4 Å². The maximum atomic E-state index is 12.1. The van der Waals surface area contributed by atoms with Crippen LogP contribution in [-0.4, -0.2) is 51.8 Å².